The molecule has 2 aliphatic carbocycles. The molecule has 0 bridgehead atoms. The zero-order valence-corrected chi connectivity index (χ0v) is 25.2. The van der Waals surface area contributed by atoms with Gasteiger partial charge in [0.1, 0.15) is 17.5 Å². The van der Waals surface area contributed by atoms with Crippen LogP contribution >= 0.6 is 0 Å². The lowest BCUT2D eigenvalue weighted by Gasteiger charge is -2.56. The van der Waals surface area contributed by atoms with E-state index in [2.05, 4.69) is 27.7 Å². The summed E-state index contributed by atoms with van der Waals surface area (Å²) < 4.78 is 11.8. The van der Waals surface area contributed by atoms with E-state index in [1.54, 1.807) is 0 Å². The van der Waals surface area contributed by atoms with E-state index in [1.165, 1.54) is 51.4 Å². The fourth-order valence-corrected chi connectivity index (χ4v) is 7.95. The first kappa shape index (κ1) is 31.3. The molecule has 2 saturated carbocycles. The Hall–Kier alpha value is -1.23. The van der Waals surface area contributed by atoms with E-state index in [1.807, 2.05) is 6.92 Å². The molecule has 0 radical (unpaired) electrons. The lowest BCUT2D eigenvalue weighted by molar-refractivity contribution is -0.158. The summed E-state index contributed by atoms with van der Waals surface area (Å²) in [7, 11) is 0. The van der Waals surface area contributed by atoms with Gasteiger partial charge in [-0.2, -0.15) is 0 Å². The van der Waals surface area contributed by atoms with Crippen LogP contribution < -0.4 is 0 Å². The maximum atomic E-state index is 13.2. The van der Waals surface area contributed by atoms with Crippen molar-refractivity contribution in [3.63, 3.8) is 0 Å². The van der Waals surface area contributed by atoms with Gasteiger partial charge in [-0.05, 0) is 49.9 Å². The number of rotatable bonds is 18. The summed E-state index contributed by atoms with van der Waals surface area (Å²) in [6.07, 6.45) is 18.6. The summed E-state index contributed by atoms with van der Waals surface area (Å²) in [5.74, 6) is 0.377. The van der Waals surface area contributed by atoms with Gasteiger partial charge < -0.3 is 9.47 Å². The molecule has 0 N–H and O–H groups in total. The van der Waals surface area contributed by atoms with Crippen LogP contribution in [-0.4, -0.2) is 35.8 Å². The molecule has 38 heavy (non-hydrogen) atoms. The van der Waals surface area contributed by atoms with Gasteiger partial charge >= 0.3 is 5.97 Å². The van der Waals surface area contributed by atoms with Crippen LogP contribution in [0.4, 0.5) is 0 Å². The average Bonchev–Trinajstić information content (AvgIpc) is 3.54. The molecule has 3 rings (SSSR count). The molecule has 1 unspecified atom stereocenters. The number of carbonyl (C=O) groups is 3. The standard InChI is InChI=1S/C33H56O5/c1-6-7-8-9-10-11-12-13-14-15-19-25(34)20-16-17-21-27(35)37-24-26-32(4)23-18-22-31(2,3)29(32)28(36)30-33(26,5)38-30/h26,29-30H,6-24H2,1-5H3/t26-,29?,30+,32-,33-/m1/s1. The van der Waals surface area contributed by atoms with E-state index in [4.69, 9.17) is 9.47 Å². The molecule has 1 saturated heterocycles. The summed E-state index contributed by atoms with van der Waals surface area (Å²) in [5.41, 5.74) is -0.765. The molecule has 0 spiro atoms. The van der Waals surface area contributed by atoms with Crippen molar-refractivity contribution in [2.24, 2.45) is 22.7 Å². The molecule has 0 aromatic rings. The Balaban J connectivity index is 1.28. The van der Waals surface area contributed by atoms with E-state index in [0.717, 1.165) is 38.5 Å². The predicted molar refractivity (Wildman–Crippen MR) is 152 cm³/mol. The van der Waals surface area contributed by atoms with Gasteiger partial charge in [0.2, 0.25) is 0 Å². The monoisotopic (exact) mass is 532 g/mol. The number of ketones is 2. The molecular formula is C33H56O5. The van der Waals surface area contributed by atoms with E-state index in [0.29, 0.717) is 38.1 Å². The molecule has 0 aromatic carbocycles. The number of unbranched alkanes of at least 4 members (excludes halogenated alkanes) is 10. The third kappa shape index (κ3) is 7.70. The Kier molecular flexibility index (Phi) is 11.5. The number of Topliss-reactive ketones (excluding diaryl/α,β-unsaturated/α-hetero) is 2. The molecule has 3 fully saturated rings. The minimum atomic E-state index is -0.503. The fourth-order valence-electron chi connectivity index (χ4n) is 7.95. The maximum Gasteiger partial charge on any atom is 0.305 e. The zero-order chi connectivity index (χ0) is 27.8. The van der Waals surface area contributed by atoms with Crippen LogP contribution in [-0.2, 0) is 23.9 Å². The van der Waals surface area contributed by atoms with Crippen molar-refractivity contribution in [3.8, 4) is 0 Å². The third-order valence-electron chi connectivity index (χ3n) is 10.2. The number of esters is 1. The number of ether oxygens (including phenoxy) is 2. The van der Waals surface area contributed by atoms with Gasteiger partial charge in [0, 0.05) is 31.1 Å². The highest BCUT2D eigenvalue weighted by atomic mass is 16.6. The highest BCUT2D eigenvalue weighted by Crippen LogP contribution is 2.66. The molecule has 0 amide bonds. The van der Waals surface area contributed by atoms with E-state index < -0.39 is 5.60 Å². The fraction of sp³-hybridized carbons (Fsp3) is 0.909. The van der Waals surface area contributed by atoms with Crippen molar-refractivity contribution in [1.29, 1.82) is 0 Å². The third-order valence-corrected chi connectivity index (χ3v) is 10.2. The van der Waals surface area contributed by atoms with Gasteiger partial charge in [0.05, 0.1) is 6.61 Å². The Morgan fingerprint density at radius 3 is 2.00 bits per heavy atom. The van der Waals surface area contributed by atoms with Crippen molar-refractivity contribution < 1.29 is 23.9 Å². The van der Waals surface area contributed by atoms with Gasteiger partial charge in [-0.25, -0.2) is 0 Å². The summed E-state index contributed by atoms with van der Waals surface area (Å²) in [4.78, 5) is 38.0. The molecule has 1 heterocycles. The summed E-state index contributed by atoms with van der Waals surface area (Å²) in [6.45, 7) is 11.2. The lowest BCUT2D eigenvalue weighted by Crippen LogP contribution is -2.60. The van der Waals surface area contributed by atoms with Gasteiger partial charge in [0.15, 0.2) is 5.78 Å². The number of epoxide rings is 1. The largest absolute Gasteiger partial charge is 0.465 e. The lowest BCUT2D eigenvalue weighted by atomic mass is 9.46. The molecular weight excluding hydrogens is 476 g/mol. The van der Waals surface area contributed by atoms with Crippen LogP contribution in [0.15, 0.2) is 0 Å². The molecule has 0 aromatic heterocycles. The molecule has 1 aliphatic heterocycles. The first-order chi connectivity index (χ1) is 18.1. The highest BCUT2D eigenvalue weighted by Gasteiger charge is 2.74. The van der Waals surface area contributed by atoms with Crippen molar-refractivity contribution >= 4 is 17.5 Å². The zero-order valence-electron chi connectivity index (χ0n) is 25.2. The highest BCUT2D eigenvalue weighted by molar-refractivity contribution is 5.92. The first-order valence-corrected chi connectivity index (χ1v) is 15.9. The number of hydrogen-bond donors (Lipinski definition) is 0. The SMILES string of the molecule is CCCCCCCCCCCCC(=O)CCCCC(=O)OC[C@H]1[C@@]2(C)O[C@H]2C(=O)C2C(C)(C)CCC[C@@]21C. The van der Waals surface area contributed by atoms with Gasteiger partial charge in [-0.1, -0.05) is 91.9 Å². The van der Waals surface area contributed by atoms with Gasteiger partial charge in [-0.15, -0.1) is 0 Å². The second kappa shape index (κ2) is 13.9. The minimum Gasteiger partial charge on any atom is -0.465 e. The summed E-state index contributed by atoms with van der Waals surface area (Å²) in [5, 5.41) is 0. The van der Waals surface area contributed by atoms with Crippen LogP contribution in [0.25, 0.3) is 0 Å². The number of hydrogen-bond acceptors (Lipinski definition) is 5. The van der Waals surface area contributed by atoms with Gasteiger partial charge in [0.25, 0.3) is 0 Å². The Morgan fingerprint density at radius 2 is 1.37 bits per heavy atom. The van der Waals surface area contributed by atoms with Crippen molar-refractivity contribution in [2.75, 3.05) is 6.61 Å². The van der Waals surface area contributed by atoms with Crippen LogP contribution in [0.1, 0.15) is 150 Å². The van der Waals surface area contributed by atoms with Crippen LogP contribution in [0.3, 0.4) is 0 Å². The Labute approximate surface area is 232 Å². The second-order valence-corrected chi connectivity index (χ2v) is 13.8. The average molecular weight is 533 g/mol. The van der Waals surface area contributed by atoms with Crippen LogP contribution in [0.5, 0.6) is 0 Å². The Morgan fingerprint density at radius 1 is 0.816 bits per heavy atom. The van der Waals surface area contributed by atoms with E-state index in [9.17, 15) is 14.4 Å². The maximum absolute atomic E-state index is 13.2. The Bertz CT molecular complexity index is 803. The number of fused-ring (bicyclic) bond motifs is 2. The van der Waals surface area contributed by atoms with Crippen molar-refractivity contribution in [3.05, 3.63) is 0 Å². The molecule has 5 atom stereocenters. The van der Waals surface area contributed by atoms with Crippen LogP contribution in [0, 0.1) is 22.7 Å². The van der Waals surface area contributed by atoms with Crippen molar-refractivity contribution in [1.82, 2.24) is 0 Å². The van der Waals surface area contributed by atoms with Gasteiger partial charge in [-0.3, -0.25) is 14.4 Å². The van der Waals surface area contributed by atoms with E-state index in [-0.39, 0.29) is 40.5 Å². The first-order valence-electron chi connectivity index (χ1n) is 15.9. The second-order valence-electron chi connectivity index (χ2n) is 13.8. The van der Waals surface area contributed by atoms with Crippen LogP contribution in [0.2, 0.25) is 0 Å². The molecule has 3 aliphatic rings. The summed E-state index contributed by atoms with van der Waals surface area (Å²) in [6, 6.07) is 0. The minimum absolute atomic E-state index is 0.0360. The normalized spacial score (nSPS) is 31.4. The van der Waals surface area contributed by atoms with E-state index >= 15 is 0 Å². The molecule has 5 nitrogen and oxygen atoms in total. The van der Waals surface area contributed by atoms with Crippen molar-refractivity contribution in [2.45, 2.75) is 162 Å². The summed E-state index contributed by atoms with van der Waals surface area (Å²) >= 11 is 0. The number of carbonyl (C=O) groups excluding carboxylic acids is 3. The quantitative estimate of drug-likeness (QED) is 0.101. The predicted octanol–water partition coefficient (Wildman–Crippen LogP) is 8.16. The topological polar surface area (TPSA) is 73.0 Å². The molecule has 5 heteroatoms. The smallest absolute Gasteiger partial charge is 0.305 e. The molecule has 218 valence electrons.